The van der Waals surface area contributed by atoms with E-state index in [1.165, 1.54) is 14.2 Å². The molecule has 12 heteroatoms. The van der Waals surface area contributed by atoms with Crippen LogP contribution in [0.1, 0.15) is 51.7 Å². The zero-order valence-electron chi connectivity index (χ0n) is 25.6. The number of methoxy groups -OCH3 is 2. The molecule has 2 aromatic rings. The van der Waals surface area contributed by atoms with Gasteiger partial charge in [0.15, 0.2) is 12.6 Å². The Morgan fingerprint density at radius 2 is 0.929 bits per heavy atom. The van der Waals surface area contributed by atoms with Crippen molar-refractivity contribution in [3.05, 3.63) is 59.7 Å². The highest BCUT2D eigenvalue weighted by atomic mass is 32.2. The van der Waals surface area contributed by atoms with Crippen LogP contribution < -0.4 is 0 Å². The molecular weight excluding hydrogens is 584 g/mol. The van der Waals surface area contributed by atoms with Crippen molar-refractivity contribution in [1.29, 1.82) is 0 Å². The molecule has 0 aromatic heterocycles. The fourth-order valence-corrected chi connectivity index (χ4v) is 7.34. The van der Waals surface area contributed by atoms with Gasteiger partial charge in [-0.2, -0.15) is 16.8 Å². The van der Waals surface area contributed by atoms with Crippen molar-refractivity contribution in [2.24, 2.45) is 11.8 Å². The smallest absolute Gasteiger partial charge is 0.297 e. The summed E-state index contributed by atoms with van der Waals surface area (Å²) in [5, 5.41) is 0. The second kappa shape index (κ2) is 14.7. The molecule has 2 aromatic carbocycles. The van der Waals surface area contributed by atoms with Crippen molar-refractivity contribution in [1.82, 2.24) is 0 Å². The fourth-order valence-electron chi connectivity index (χ4n) is 5.06. The lowest BCUT2D eigenvalue weighted by molar-refractivity contribution is -0.142. The molecule has 0 amide bonds. The SMILES string of the molecule is CC[C@H]1OC(OC)[C@H](OS(=O)(=O)c2ccc(C)cc2)[C@H]1C.CC[C@H]1OC(OC)[C@H](OS(=O)(=O)c2ccc(C)cc2)[C@H]1C. The molecule has 8 atom stereocenters. The summed E-state index contributed by atoms with van der Waals surface area (Å²) in [5.41, 5.74) is 1.99. The Bertz CT molecular complexity index is 1230. The van der Waals surface area contributed by atoms with E-state index in [-0.39, 0.29) is 33.8 Å². The van der Waals surface area contributed by atoms with Gasteiger partial charge in [0, 0.05) is 26.1 Å². The molecule has 236 valence electrons. The summed E-state index contributed by atoms with van der Waals surface area (Å²) in [6.07, 6.45) is -1.15. The third-order valence-electron chi connectivity index (χ3n) is 7.73. The number of benzene rings is 2. The van der Waals surface area contributed by atoms with Crippen LogP contribution in [0.3, 0.4) is 0 Å². The molecule has 0 N–H and O–H groups in total. The minimum absolute atomic E-state index is 0.0554. The topological polar surface area (TPSA) is 124 Å². The summed E-state index contributed by atoms with van der Waals surface area (Å²) >= 11 is 0. The van der Waals surface area contributed by atoms with E-state index in [2.05, 4.69) is 0 Å². The number of aryl methyl sites for hydroxylation is 2. The summed E-state index contributed by atoms with van der Waals surface area (Å²) in [7, 11) is -4.68. The second-order valence-electron chi connectivity index (χ2n) is 10.7. The predicted molar refractivity (Wildman–Crippen MR) is 157 cm³/mol. The lowest BCUT2D eigenvalue weighted by Crippen LogP contribution is -2.32. The molecule has 0 radical (unpaired) electrons. The molecule has 2 saturated heterocycles. The van der Waals surface area contributed by atoms with Crippen LogP contribution in [0.5, 0.6) is 0 Å². The Labute approximate surface area is 250 Å². The molecule has 4 rings (SSSR count). The van der Waals surface area contributed by atoms with Gasteiger partial charge < -0.3 is 18.9 Å². The van der Waals surface area contributed by atoms with Crippen molar-refractivity contribution in [3.8, 4) is 0 Å². The molecule has 0 spiro atoms. The molecule has 0 bridgehead atoms. The van der Waals surface area contributed by atoms with E-state index in [1.54, 1.807) is 48.5 Å². The Morgan fingerprint density at radius 3 is 1.19 bits per heavy atom. The third-order valence-corrected chi connectivity index (χ3v) is 10.4. The van der Waals surface area contributed by atoms with Crippen molar-refractivity contribution >= 4 is 20.2 Å². The van der Waals surface area contributed by atoms with Crippen molar-refractivity contribution in [2.75, 3.05) is 14.2 Å². The van der Waals surface area contributed by atoms with Crippen LogP contribution in [0.2, 0.25) is 0 Å². The monoisotopic (exact) mass is 628 g/mol. The van der Waals surface area contributed by atoms with Gasteiger partial charge in [-0.3, -0.25) is 8.37 Å². The number of ether oxygens (including phenoxy) is 4. The van der Waals surface area contributed by atoms with Gasteiger partial charge in [0.05, 0.1) is 22.0 Å². The zero-order chi connectivity index (χ0) is 31.2. The standard InChI is InChI=1S/2C15H22O5S/c2*1-5-13-11(3)14(15(18-4)19-13)20-21(16,17)12-8-6-10(2)7-9-12/h2*6-9,11,13-15H,5H2,1-4H3/t2*11-,13+,14+,15?/m00/s1. The van der Waals surface area contributed by atoms with E-state index < -0.39 is 45.0 Å². The first-order chi connectivity index (χ1) is 19.8. The van der Waals surface area contributed by atoms with E-state index in [4.69, 9.17) is 27.3 Å². The van der Waals surface area contributed by atoms with E-state index in [1.807, 2.05) is 41.5 Å². The minimum atomic E-state index is -3.83. The van der Waals surface area contributed by atoms with Gasteiger partial charge in [0.1, 0.15) is 12.2 Å². The third kappa shape index (κ3) is 8.17. The van der Waals surface area contributed by atoms with Gasteiger partial charge in [-0.15, -0.1) is 0 Å². The van der Waals surface area contributed by atoms with E-state index in [0.717, 1.165) is 24.0 Å². The Balaban J connectivity index is 0.000000230. The Morgan fingerprint density at radius 1 is 0.619 bits per heavy atom. The molecule has 0 saturated carbocycles. The van der Waals surface area contributed by atoms with Gasteiger partial charge in [-0.25, -0.2) is 0 Å². The van der Waals surface area contributed by atoms with Gasteiger partial charge >= 0.3 is 0 Å². The predicted octanol–water partition coefficient (Wildman–Crippen LogP) is 4.97. The van der Waals surface area contributed by atoms with Crippen LogP contribution in [-0.2, 0) is 47.5 Å². The normalized spacial score (nSPS) is 29.7. The quantitative estimate of drug-likeness (QED) is 0.333. The number of rotatable bonds is 10. The summed E-state index contributed by atoms with van der Waals surface area (Å²) in [6, 6.07) is 13.2. The van der Waals surface area contributed by atoms with Crippen LogP contribution in [0.15, 0.2) is 58.3 Å². The number of hydrogen-bond donors (Lipinski definition) is 0. The van der Waals surface area contributed by atoms with E-state index in [9.17, 15) is 16.8 Å². The average Bonchev–Trinajstić information content (AvgIpc) is 3.43. The van der Waals surface area contributed by atoms with Crippen LogP contribution in [-0.4, -0.2) is 68.1 Å². The molecule has 10 nitrogen and oxygen atoms in total. The van der Waals surface area contributed by atoms with Crippen molar-refractivity contribution in [2.45, 2.75) is 101 Å². The first kappa shape index (κ1) is 34.6. The van der Waals surface area contributed by atoms with Crippen LogP contribution in [0.25, 0.3) is 0 Å². The maximum atomic E-state index is 12.4. The minimum Gasteiger partial charge on any atom is -0.353 e. The molecule has 42 heavy (non-hydrogen) atoms. The summed E-state index contributed by atoms with van der Waals surface area (Å²) in [5.74, 6) is -0.111. The summed E-state index contributed by atoms with van der Waals surface area (Å²) in [6.45, 7) is 11.6. The first-order valence-electron chi connectivity index (χ1n) is 14.1. The Kier molecular flexibility index (Phi) is 12.1. The maximum absolute atomic E-state index is 12.4. The molecule has 2 aliphatic rings. The zero-order valence-corrected chi connectivity index (χ0v) is 27.2. The summed E-state index contributed by atoms with van der Waals surface area (Å²) in [4.78, 5) is 0.296. The molecular formula is C30H44O10S2. The first-order valence-corrected chi connectivity index (χ1v) is 17.0. The van der Waals surface area contributed by atoms with E-state index in [0.29, 0.717) is 0 Å². The summed E-state index contributed by atoms with van der Waals surface area (Å²) < 4.78 is 82.0. The van der Waals surface area contributed by atoms with Crippen molar-refractivity contribution < 1.29 is 44.1 Å². The molecule has 2 aliphatic heterocycles. The largest absolute Gasteiger partial charge is 0.353 e. The van der Waals surface area contributed by atoms with Crippen LogP contribution >= 0.6 is 0 Å². The van der Waals surface area contributed by atoms with Crippen molar-refractivity contribution in [3.63, 3.8) is 0 Å². The maximum Gasteiger partial charge on any atom is 0.297 e. The fraction of sp³-hybridized carbons (Fsp3) is 0.600. The molecule has 2 heterocycles. The number of hydrogen-bond acceptors (Lipinski definition) is 10. The average molecular weight is 629 g/mol. The lowest BCUT2D eigenvalue weighted by atomic mass is 9.99. The van der Waals surface area contributed by atoms with Gasteiger partial charge in [-0.1, -0.05) is 63.1 Å². The van der Waals surface area contributed by atoms with Gasteiger partial charge in [-0.05, 0) is 51.0 Å². The van der Waals surface area contributed by atoms with E-state index >= 15 is 0 Å². The molecule has 0 aliphatic carbocycles. The van der Waals surface area contributed by atoms with Gasteiger partial charge in [0.25, 0.3) is 20.2 Å². The lowest BCUT2D eigenvalue weighted by Gasteiger charge is -2.20. The van der Waals surface area contributed by atoms with Crippen LogP contribution in [0.4, 0.5) is 0 Å². The molecule has 2 unspecified atom stereocenters. The Hall–Kier alpha value is -1.90. The highest BCUT2D eigenvalue weighted by Crippen LogP contribution is 2.35. The van der Waals surface area contributed by atoms with Gasteiger partial charge in [0.2, 0.25) is 0 Å². The highest BCUT2D eigenvalue weighted by molar-refractivity contribution is 7.87. The molecule has 2 fully saturated rings. The van der Waals surface area contributed by atoms with Crippen LogP contribution in [0, 0.1) is 25.7 Å². The second-order valence-corrected chi connectivity index (χ2v) is 13.9. The highest BCUT2D eigenvalue weighted by Gasteiger charge is 2.46.